The second-order valence-electron chi connectivity index (χ2n) is 8.80. The van der Waals surface area contributed by atoms with Crippen LogP contribution in [0.25, 0.3) is 10.9 Å². The highest BCUT2D eigenvalue weighted by atomic mass is 16.5. The molecule has 3 aromatic carbocycles. The van der Waals surface area contributed by atoms with Crippen molar-refractivity contribution in [3.05, 3.63) is 96.1 Å². The van der Waals surface area contributed by atoms with Gasteiger partial charge in [0.15, 0.2) is 0 Å². The van der Waals surface area contributed by atoms with Crippen LogP contribution in [0.15, 0.2) is 84.9 Å². The van der Waals surface area contributed by atoms with Gasteiger partial charge >= 0.3 is 0 Å². The molecule has 0 aliphatic carbocycles. The monoisotopic (exact) mass is 452 g/mol. The van der Waals surface area contributed by atoms with Crippen molar-refractivity contribution >= 4 is 22.7 Å². The molecule has 4 aromatic rings. The third kappa shape index (κ3) is 4.22. The van der Waals surface area contributed by atoms with Gasteiger partial charge in [-0.3, -0.25) is 0 Å². The Labute approximate surface area is 199 Å². The summed E-state index contributed by atoms with van der Waals surface area (Å²) in [6.45, 7) is 4.40. The number of ether oxygens (including phenoxy) is 2. The second-order valence-corrected chi connectivity index (χ2v) is 8.80. The number of morpholine rings is 2. The summed E-state index contributed by atoms with van der Waals surface area (Å²) in [4.78, 5) is 14.7. The van der Waals surface area contributed by atoms with Crippen molar-refractivity contribution in [3.63, 3.8) is 0 Å². The van der Waals surface area contributed by atoms with Crippen molar-refractivity contribution in [2.45, 2.75) is 12.2 Å². The van der Waals surface area contributed by atoms with E-state index in [0.717, 1.165) is 48.8 Å². The summed E-state index contributed by atoms with van der Waals surface area (Å²) in [6.07, 6.45) is 0.0392. The number of hydrogen-bond acceptors (Lipinski definition) is 6. The van der Waals surface area contributed by atoms with E-state index >= 15 is 0 Å². The van der Waals surface area contributed by atoms with Crippen molar-refractivity contribution in [2.75, 3.05) is 49.2 Å². The first-order valence-electron chi connectivity index (χ1n) is 11.9. The molecule has 3 heterocycles. The van der Waals surface area contributed by atoms with Gasteiger partial charge in [-0.25, -0.2) is 4.98 Å². The van der Waals surface area contributed by atoms with Crippen molar-refractivity contribution < 1.29 is 9.47 Å². The number of anilines is 2. The van der Waals surface area contributed by atoms with Crippen LogP contribution in [-0.4, -0.2) is 49.4 Å². The van der Waals surface area contributed by atoms with Crippen molar-refractivity contribution in [1.29, 1.82) is 0 Å². The van der Waals surface area contributed by atoms with E-state index in [9.17, 15) is 0 Å². The van der Waals surface area contributed by atoms with E-state index in [-0.39, 0.29) is 12.2 Å². The first-order valence-corrected chi connectivity index (χ1v) is 11.9. The molecule has 0 N–H and O–H groups in total. The number of hydrogen-bond donors (Lipinski definition) is 0. The van der Waals surface area contributed by atoms with Crippen LogP contribution in [0.4, 0.5) is 11.8 Å². The van der Waals surface area contributed by atoms with E-state index < -0.39 is 0 Å². The van der Waals surface area contributed by atoms with Crippen LogP contribution >= 0.6 is 0 Å². The zero-order valence-corrected chi connectivity index (χ0v) is 19.1. The summed E-state index contributed by atoms with van der Waals surface area (Å²) < 4.78 is 12.2. The van der Waals surface area contributed by atoms with Crippen LogP contribution in [-0.2, 0) is 9.47 Å². The molecular weight excluding hydrogens is 424 g/mol. The predicted molar refractivity (Wildman–Crippen MR) is 134 cm³/mol. The fraction of sp³-hybridized carbons (Fsp3) is 0.286. The molecular formula is C28H28N4O2. The van der Waals surface area contributed by atoms with Gasteiger partial charge in [0.1, 0.15) is 18.0 Å². The Hall–Kier alpha value is -3.48. The molecule has 0 radical (unpaired) electrons. The van der Waals surface area contributed by atoms with E-state index in [1.54, 1.807) is 0 Å². The van der Waals surface area contributed by atoms with Crippen molar-refractivity contribution in [2.24, 2.45) is 0 Å². The van der Waals surface area contributed by atoms with Crippen molar-refractivity contribution in [3.8, 4) is 0 Å². The summed E-state index contributed by atoms with van der Waals surface area (Å²) in [5.41, 5.74) is 3.35. The molecule has 6 nitrogen and oxygen atoms in total. The quantitative estimate of drug-likeness (QED) is 0.444. The lowest BCUT2D eigenvalue weighted by atomic mass is 10.1. The van der Waals surface area contributed by atoms with Crippen LogP contribution in [0.3, 0.4) is 0 Å². The average molecular weight is 453 g/mol. The van der Waals surface area contributed by atoms with Gasteiger partial charge in [-0.15, -0.1) is 0 Å². The number of aromatic nitrogens is 2. The molecule has 0 amide bonds. The van der Waals surface area contributed by atoms with E-state index in [0.29, 0.717) is 13.2 Å². The van der Waals surface area contributed by atoms with Gasteiger partial charge in [0.25, 0.3) is 0 Å². The minimum Gasteiger partial charge on any atom is -0.370 e. The van der Waals surface area contributed by atoms with Gasteiger partial charge in [-0.05, 0) is 23.3 Å². The lowest BCUT2D eigenvalue weighted by molar-refractivity contribution is 0.0388. The third-order valence-corrected chi connectivity index (χ3v) is 6.63. The first-order chi connectivity index (χ1) is 16.8. The molecule has 2 saturated heterocycles. The summed E-state index contributed by atoms with van der Waals surface area (Å²) in [7, 11) is 0. The molecule has 0 bridgehead atoms. The SMILES string of the molecule is c1ccc([C@H]2CN(c3nc(N4CCO[C@@H](c5ccccc5)C4)c4ccccc4n3)CCO2)cc1. The van der Waals surface area contributed by atoms with Gasteiger partial charge in [-0.2, -0.15) is 4.98 Å². The highest BCUT2D eigenvalue weighted by Crippen LogP contribution is 2.32. The molecule has 6 rings (SSSR count). The molecule has 172 valence electrons. The van der Waals surface area contributed by atoms with E-state index in [1.807, 2.05) is 18.2 Å². The Kier molecular flexibility index (Phi) is 5.83. The normalized spacial score (nSPS) is 21.1. The Morgan fingerprint density at radius 1 is 0.618 bits per heavy atom. The highest BCUT2D eigenvalue weighted by molar-refractivity contribution is 5.90. The summed E-state index contributed by atoms with van der Waals surface area (Å²) >= 11 is 0. The first kappa shape index (κ1) is 21.1. The predicted octanol–water partition coefficient (Wildman–Crippen LogP) is 4.79. The molecule has 0 saturated carbocycles. The molecule has 2 aliphatic rings. The van der Waals surface area contributed by atoms with Gasteiger partial charge in [-0.1, -0.05) is 72.8 Å². The minimum absolute atomic E-state index is 0.0133. The second kappa shape index (κ2) is 9.41. The summed E-state index contributed by atoms with van der Waals surface area (Å²) in [5.74, 6) is 1.74. The van der Waals surface area contributed by atoms with E-state index in [4.69, 9.17) is 19.4 Å². The fourth-order valence-electron chi connectivity index (χ4n) is 4.84. The maximum Gasteiger partial charge on any atom is 0.228 e. The van der Waals surface area contributed by atoms with Gasteiger partial charge < -0.3 is 19.3 Å². The number of fused-ring (bicyclic) bond motifs is 1. The molecule has 2 fully saturated rings. The number of rotatable bonds is 4. The van der Waals surface area contributed by atoms with Gasteiger partial charge in [0.05, 0.1) is 25.3 Å². The zero-order valence-electron chi connectivity index (χ0n) is 19.1. The van der Waals surface area contributed by atoms with Crippen LogP contribution in [0.2, 0.25) is 0 Å². The number of benzene rings is 3. The number of para-hydroxylation sites is 1. The topological polar surface area (TPSA) is 50.7 Å². The van der Waals surface area contributed by atoms with Crippen LogP contribution < -0.4 is 9.80 Å². The Morgan fingerprint density at radius 2 is 1.18 bits per heavy atom. The molecule has 0 spiro atoms. The van der Waals surface area contributed by atoms with Crippen LogP contribution in [0, 0.1) is 0 Å². The molecule has 34 heavy (non-hydrogen) atoms. The number of nitrogens with zero attached hydrogens (tertiary/aromatic N) is 4. The molecule has 2 aliphatic heterocycles. The molecule has 6 heteroatoms. The standard InChI is InChI=1S/C28H28N4O2/c1-3-9-21(10-4-1)25-19-31(15-17-33-25)27-23-13-7-8-14-24(23)29-28(30-27)32-16-18-34-26(20-32)22-11-5-2-6-12-22/h1-14,25-26H,15-20H2/t25-,26-/m1/s1. The van der Waals surface area contributed by atoms with Gasteiger partial charge in [0, 0.05) is 25.0 Å². The van der Waals surface area contributed by atoms with E-state index in [1.165, 1.54) is 11.1 Å². The smallest absolute Gasteiger partial charge is 0.228 e. The van der Waals surface area contributed by atoms with Crippen LogP contribution in [0.1, 0.15) is 23.3 Å². The Morgan fingerprint density at radius 3 is 1.85 bits per heavy atom. The highest BCUT2D eigenvalue weighted by Gasteiger charge is 2.28. The fourth-order valence-corrected chi connectivity index (χ4v) is 4.84. The van der Waals surface area contributed by atoms with Crippen LogP contribution in [0.5, 0.6) is 0 Å². The molecule has 0 unspecified atom stereocenters. The molecule has 2 atom stereocenters. The van der Waals surface area contributed by atoms with Gasteiger partial charge in [0.2, 0.25) is 5.95 Å². The summed E-state index contributed by atoms with van der Waals surface area (Å²) in [5, 5.41) is 1.08. The Balaban J connectivity index is 1.33. The zero-order chi connectivity index (χ0) is 22.7. The molecule has 1 aromatic heterocycles. The summed E-state index contributed by atoms with van der Waals surface area (Å²) in [6, 6.07) is 29.1. The third-order valence-electron chi connectivity index (χ3n) is 6.63. The lowest BCUT2D eigenvalue weighted by Crippen LogP contribution is -2.41. The maximum absolute atomic E-state index is 6.13. The maximum atomic E-state index is 6.13. The van der Waals surface area contributed by atoms with E-state index in [2.05, 4.69) is 76.5 Å². The average Bonchev–Trinajstić information content (AvgIpc) is 2.93. The Bertz CT molecular complexity index is 1250. The van der Waals surface area contributed by atoms with Crippen molar-refractivity contribution in [1.82, 2.24) is 9.97 Å². The lowest BCUT2D eigenvalue weighted by Gasteiger charge is -2.36. The largest absolute Gasteiger partial charge is 0.370 e. The minimum atomic E-state index is 0.0133.